The molecule has 0 amide bonds. The maximum absolute atomic E-state index is 5.81. The van der Waals surface area contributed by atoms with E-state index in [1.807, 2.05) is 6.92 Å². The van der Waals surface area contributed by atoms with Crippen molar-refractivity contribution in [3.8, 4) is 0 Å². The highest BCUT2D eigenvalue weighted by molar-refractivity contribution is 5.47. The van der Waals surface area contributed by atoms with Gasteiger partial charge in [0, 0.05) is 25.8 Å². The van der Waals surface area contributed by atoms with Crippen LogP contribution in [0.4, 0.5) is 11.6 Å². The molecule has 0 bridgehead atoms. The average Bonchev–Trinajstić information content (AvgIpc) is 2.36. The van der Waals surface area contributed by atoms with Crippen LogP contribution >= 0.6 is 0 Å². The van der Waals surface area contributed by atoms with Crippen molar-refractivity contribution in [2.75, 3.05) is 36.9 Å². The number of hydrogen-bond acceptors (Lipinski definition) is 6. The third-order valence-electron chi connectivity index (χ3n) is 2.78. The summed E-state index contributed by atoms with van der Waals surface area (Å²) in [4.78, 5) is 10.8. The summed E-state index contributed by atoms with van der Waals surface area (Å²) in [6, 6.07) is 1.80. The molecule has 1 saturated heterocycles. The Morgan fingerprint density at radius 1 is 1.56 bits per heavy atom. The molecule has 2 rings (SSSR count). The van der Waals surface area contributed by atoms with Crippen LogP contribution in [0.25, 0.3) is 0 Å². The Morgan fingerprint density at radius 2 is 2.39 bits per heavy atom. The number of ether oxygens (including phenoxy) is 2. The number of nitrogen functional groups attached to an aromatic ring is 1. The van der Waals surface area contributed by atoms with Crippen molar-refractivity contribution in [3.63, 3.8) is 0 Å². The summed E-state index contributed by atoms with van der Waals surface area (Å²) in [5.41, 5.74) is 5.81. The molecule has 1 aromatic rings. The number of nitrogens with zero attached hydrogens (tertiary/aromatic N) is 3. The second-order valence-corrected chi connectivity index (χ2v) is 4.33. The number of hydrogen-bond donors (Lipinski definition) is 1. The van der Waals surface area contributed by atoms with Crippen molar-refractivity contribution in [2.24, 2.45) is 0 Å². The Morgan fingerprint density at radius 3 is 3.11 bits per heavy atom. The predicted octanol–water partition coefficient (Wildman–Crippen LogP) is 0.820. The Labute approximate surface area is 107 Å². The fourth-order valence-electron chi connectivity index (χ4n) is 1.95. The Bertz CT molecular complexity index is 400. The van der Waals surface area contributed by atoms with Gasteiger partial charge in [-0.2, -0.15) is 0 Å². The number of anilines is 2. The molecule has 2 N–H and O–H groups in total. The summed E-state index contributed by atoms with van der Waals surface area (Å²) in [7, 11) is 0. The minimum atomic E-state index is 0.213. The summed E-state index contributed by atoms with van der Waals surface area (Å²) in [6.07, 6.45) is 0.213. The highest BCUT2D eigenvalue weighted by Gasteiger charge is 2.19. The second-order valence-electron chi connectivity index (χ2n) is 4.33. The van der Waals surface area contributed by atoms with Crippen LogP contribution in [0.2, 0.25) is 0 Å². The molecule has 6 heteroatoms. The van der Waals surface area contributed by atoms with Crippen LogP contribution in [-0.2, 0) is 16.1 Å². The lowest BCUT2D eigenvalue weighted by Crippen LogP contribution is -2.41. The first-order valence-electron chi connectivity index (χ1n) is 6.26. The van der Waals surface area contributed by atoms with Crippen LogP contribution in [-0.4, -0.2) is 42.4 Å². The largest absolute Gasteiger partial charge is 0.384 e. The molecule has 6 nitrogen and oxygen atoms in total. The van der Waals surface area contributed by atoms with Crippen molar-refractivity contribution in [1.29, 1.82) is 0 Å². The Kier molecular flexibility index (Phi) is 4.33. The topological polar surface area (TPSA) is 73.5 Å². The maximum Gasteiger partial charge on any atom is 0.158 e. The van der Waals surface area contributed by atoms with Crippen LogP contribution in [0.3, 0.4) is 0 Å². The second kappa shape index (κ2) is 5.97. The van der Waals surface area contributed by atoms with Crippen LogP contribution in [0.1, 0.15) is 19.7 Å². The van der Waals surface area contributed by atoms with E-state index in [9.17, 15) is 0 Å². The van der Waals surface area contributed by atoms with E-state index in [0.717, 1.165) is 18.9 Å². The zero-order chi connectivity index (χ0) is 13.0. The lowest BCUT2D eigenvalue weighted by molar-refractivity contribution is 0.0528. The molecule has 0 radical (unpaired) electrons. The third kappa shape index (κ3) is 3.30. The van der Waals surface area contributed by atoms with Gasteiger partial charge in [0.05, 0.1) is 12.7 Å². The van der Waals surface area contributed by atoms with E-state index in [2.05, 4.69) is 21.8 Å². The molecule has 1 aliphatic rings. The SMILES string of the molecule is CCOCc1nc(N)cc(N2CCOC(C)C2)n1. The van der Waals surface area contributed by atoms with Crippen LogP contribution in [0.15, 0.2) is 6.07 Å². The lowest BCUT2D eigenvalue weighted by Gasteiger charge is -2.32. The van der Waals surface area contributed by atoms with Gasteiger partial charge in [0.1, 0.15) is 18.2 Å². The van der Waals surface area contributed by atoms with Crippen molar-refractivity contribution >= 4 is 11.6 Å². The van der Waals surface area contributed by atoms with Gasteiger partial charge in [-0.3, -0.25) is 0 Å². The lowest BCUT2D eigenvalue weighted by atomic mass is 10.3. The standard InChI is InChI=1S/C12H20N4O2/c1-3-17-8-11-14-10(13)6-12(15-11)16-4-5-18-9(2)7-16/h6,9H,3-5,7-8H2,1-2H3,(H2,13,14,15). The molecule has 1 fully saturated rings. The van der Waals surface area contributed by atoms with Crippen molar-refractivity contribution in [1.82, 2.24) is 9.97 Å². The van der Waals surface area contributed by atoms with E-state index < -0.39 is 0 Å². The number of morpholine rings is 1. The highest BCUT2D eigenvalue weighted by atomic mass is 16.5. The molecule has 1 atom stereocenters. The average molecular weight is 252 g/mol. The molecule has 100 valence electrons. The summed E-state index contributed by atoms with van der Waals surface area (Å²) >= 11 is 0. The van der Waals surface area contributed by atoms with Gasteiger partial charge in [0.2, 0.25) is 0 Å². The Hall–Kier alpha value is -1.40. The van der Waals surface area contributed by atoms with Gasteiger partial charge in [-0.15, -0.1) is 0 Å². The van der Waals surface area contributed by atoms with Crippen molar-refractivity contribution in [3.05, 3.63) is 11.9 Å². The number of rotatable bonds is 4. The van der Waals surface area contributed by atoms with Gasteiger partial charge < -0.3 is 20.1 Å². The van der Waals surface area contributed by atoms with Crippen LogP contribution in [0, 0.1) is 0 Å². The monoisotopic (exact) mass is 252 g/mol. The molecule has 18 heavy (non-hydrogen) atoms. The normalized spacial score (nSPS) is 20.1. The molecule has 0 aromatic carbocycles. The quantitative estimate of drug-likeness (QED) is 0.855. The fourth-order valence-corrected chi connectivity index (χ4v) is 1.95. The smallest absolute Gasteiger partial charge is 0.158 e. The molecule has 0 saturated carbocycles. The maximum atomic E-state index is 5.81. The minimum Gasteiger partial charge on any atom is -0.384 e. The first-order valence-corrected chi connectivity index (χ1v) is 6.26. The van der Waals surface area contributed by atoms with Gasteiger partial charge in [0.15, 0.2) is 5.82 Å². The van der Waals surface area contributed by atoms with E-state index >= 15 is 0 Å². The van der Waals surface area contributed by atoms with Gasteiger partial charge in [0.25, 0.3) is 0 Å². The summed E-state index contributed by atoms with van der Waals surface area (Å²) < 4.78 is 10.8. The molecule has 1 aliphatic heterocycles. The molecular weight excluding hydrogens is 232 g/mol. The van der Waals surface area contributed by atoms with E-state index in [-0.39, 0.29) is 6.10 Å². The predicted molar refractivity (Wildman–Crippen MR) is 69.4 cm³/mol. The number of aromatic nitrogens is 2. The molecule has 0 spiro atoms. The fraction of sp³-hybridized carbons (Fsp3) is 0.667. The van der Waals surface area contributed by atoms with E-state index in [1.165, 1.54) is 0 Å². The molecule has 2 heterocycles. The van der Waals surface area contributed by atoms with Gasteiger partial charge in [-0.25, -0.2) is 9.97 Å². The van der Waals surface area contributed by atoms with Gasteiger partial charge >= 0.3 is 0 Å². The van der Waals surface area contributed by atoms with E-state index in [4.69, 9.17) is 15.2 Å². The first kappa shape index (κ1) is 13.0. The Balaban J connectivity index is 2.13. The third-order valence-corrected chi connectivity index (χ3v) is 2.78. The van der Waals surface area contributed by atoms with E-state index in [0.29, 0.717) is 31.5 Å². The molecule has 0 aliphatic carbocycles. The zero-order valence-corrected chi connectivity index (χ0v) is 10.9. The zero-order valence-electron chi connectivity index (χ0n) is 10.9. The molecule has 1 aromatic heterocycles. The van der Waals surface area contributed by atoms with E-state index in [1.54, 1.807) is 6.07 Å². The minimum absolute atomic E-state index is 0.213. The summed E-state index contributed by atoms with van der Waals surface area (Å²) in [5, 5.41) is 0. The van der Waals surface area contributed by atoms with Crippen LogP contribution < -0.4 is 10.6 Å². The van der Waals surface area contributed by atoms with Crippen molar-refractivity contribution < 1.29 is 9.47 Å². The van der Waals surface area contributed by atoms with Gasteiger partial charge in [-0.1, -0.05) is 0 Å². The number of nitrogens with two attached hydrogens (primary N) is 1. The van der Waals surface area contributed by atoms with Crippen molar-refractivity contribution in [2.45, 2.75) is 26.6 Å². The van der Waals surface area contributed by atoms with Gasteiger partial charge in [-0.05, 0) is 13.8 Å². The molecular formula is C12H20N4O2. The van der Waals surface area contributed by atoms with Crippen LogP contribution in [0.5, 0.6) is 0 Å². The molecule has 1 unspecified atom stereocenters. The summed E-state index contributed by atoms with van der Waals surface area (Å²) in [6.45, 7) is 7.40. The highest BCUT2D eigenvalue weighted by Crippen LogP contribution is 2.17. The first-order chi connectivity index (χ1) is 8.69. The summed E-state index contributed by atoms with van der Waals surface area (Å²) in [5.74, 6) is 1.96.